The monoisotopic (exact) mass is 392 g/mol. The molecule has 2 aromatic heterocycles. The van der Waals surface area contributed by atoms with E-state index in [1.54, 1.807) is 6.20 Å². The molecule has 29 heavy (non-hydrogen) atoms. The van der Waals surface area contributed by atoms with Gasteiger partial charge in [0.05, 0.1) is 12.2 Å². The van der Waals surface area contributed by atoms with Crippen molar-refractivity contribution in [2.45, 2.75) is 33.6 Å². The van der Waals surface area contributed by atoms with Crippen molar-refractivity contribution >= 4 is 22.8 Å². The van der Waals surface area contributed by atoms with E-state index in [1.165, 1.54) is 18.4 Å². The second-order valence-electron chi connectivity index (χ2n) is 7.95. The van der Waals surface area contributed by atoms with Gasteiger partial charge < -0.3 is 9.88 Å². The number of allylic oxidation sites excluding steroid dienone is 5. The number of nitrogens with one attached hydrogen (secondary N) is 2. The van der Waals surface area contributed by atoms with Crippen molar-refractivity contribution in [3.05, 3.63) is 59.0 Å². The molecule has 0 aromatic carbocycles. The van der Waals surface area contributed by atoms with Gasteiger partial charge in [0.1, 0.15) is 11.5 Å². The molecule has 6 heteroatoms. The zero-order valence-electron chi connectivity index (χ0n) is 17.5. The lowest BCUT2D eigenvalue weighted by atomic mass is 9.91. The molecule has 2 heterocycles. The summed E-state index contributed by atoms with van der Waals surface area (Å²) in [5.41, 5.74) is 7.35. The van der Waals surface area contributed by atoms with E-state index in [4.69, 9.17) is 4.84 Å². The van der Waals surface area contributed by atoms with Crippen LogP contribution in [0.4, 0.5) is 5.82 Å². The molecule has 152 valence electrons. The summed E-state index contributed by atoms with van der Waals surface area (Å²) in [5.74, 6) is 1.33. The van der Waals surface area contributed by atoms with Gasteiger partial charge in [0, 0.05) is 30.2 Å². The van der Waals surface area contributed by atoms with Crippen LogP contribution in [0, 0.1) is 11.8 Å². The second kappa shape index (κ2) is 7.87. The molecule has 2 aromatic rings. The average Bonchev–Trinajstić information content (AvgIpc) is 3.49. The molecule has 0 aliphatic heterocycles. The van der Waals surface area contributed by atoms with E-state index in [0.29, 0.717) is 29.8 Å². The first-order valence-electron chi connectivity index (χ1n) is 10.2. The van der Waals surface area contributed by atoms with Crippen LogP contribution in [-0.4, -0.2) is 22.1 Å². The van der Waals surface area contributed by atoms with Gasteiger partial charge in [-0.1, -0.05) is 25.2 Å². The van der Waals surface area contributed by atoms with E-state index in [9.17, 15) is 4.79 Å². The first-order chi connectivity index (χ1) is 14.0. The Morgan fingerprint density at radius 2 is 2.21 bits per heavy atom. The Balaban J connectivity index is 1.68. The third-order valence-electron chi connectivity index (χ3n) is 5.69. The molecule has 1 amide bonds. The van der Waals surface area contributed by atoms with E-state index in [1.807, 2.05) is 23.7 Å². The van der Waals surface area contributed by atoms with E-state index in [2.05, 4.69) is 54.8 Å². The Kier molecular flexibility index (Phi) is 5.28. The summed E-state index contributed by atoms with van der Waals surface area (Å²) >= 11 is 0. The van der Waals surface area contributed by atoms with Crippen molar-refractivity contribution in [2.75, 3.05) is 11.9 Å². The highest BCUT2D eigenvalue weighted by atomic mass is 16.7. The minimum absolute atomic E-state index is 0.257. The van der Waals surface area contributed by atoms with Crippen LogP contribution in [0.15, 0.2) is 53.4 Å². The maximum absolute atomic E-state index is 13.0. The Hall–Kier alpha value is -2.86. The predicted molar refractivity (Wildman–Crippen MR) is 115 cm³/mol. The first-order valence-corrected chi connectivity index (χ1v) is 10.2. The number of pyridine rings is 1. The van der Waals surface area contributed by atoms with E-state index in [-0.39, 0.29) is 5.91 Å². The maximum Gasteiger partial charge on any atom is 0.279 e. The molecule has 0 spiro atoms. The SMILES string of the molecule is C/C=C1/C=C(C)C(Nc2c(C(=O)NOCC3CC3)c3cccnc3n2C)=CC1C. The molecule has 2 aliphatic carbocycles. The predicted octanol–water partition coefficient (Wildman–Crippen LogP) is 4.48. The van der Waals surface area contributed by atoms with Crippen LogP contribution in [0.25, 0.3) is 11.0 Å². The van der Waals surface area contributed by atoms with Crippen molar-refractivity contribution in [2.24, 2.45) is 18.9 Å². The topological polar surface area (TPSA) is 68.2 Å². The van der Waals surface area contributed by atoms with Gasteiger partial charge in [-0.15, -0.1) is 0 Å². The van der Waals surface area contributed by atoms with Gasteiger partial charge >= 0.3 is 0 Å². The molecule has 1 atom stereocenters. The summed E-state index contributed by atoms with van der Waals surface area (Å²) in [6.45, 7) is 6.87. The van der Waals surface area contributed by atoms with Crippen LogP contribution in [0.2, 0.25) is 0 Å². The number of carbonyl (C=O) groups excluding carboxylic acids is 1. The molecule has 1 unspecified atom stereocenters. The molecule has 0 bridgehead atoms. The first kappa shape index (κ1) is 19.5. The zero-order chi connectivity index (χ0) is 20.5. The molecule has 0 saturated heterocycles. The number of hydrogen-bond donors (Lipinski definition) is 2. The van der Waals surface area contributed by atoms with Crippen LogP contribution >= 0.6 is 0 Å². The summed E-state index contributed by atoms with van der Waals surface area (Å²) in [5, 5.41) is 4.29. The third kappa shape index (κ3) is 3.85. The number of carbonyl (C=O) groups is 1. The van der Waals surface area contributed by atoms with Crippen LogP contribution in [0.5, 0.6) is 0 Å². The average molecular weight is 393 g/mol. The number of amides is 1. The molecule has 4 rings (SSSR count). The molecule has 1 saturated carbocycles. The highest BCUT2D eigenvalue weighted by Gasteiger charge is 2.26. The molecule has 1 fully saturated rings. The minimum Gasteiger partial charge on any atom is -0.341 e. The highest BCUT2D eigenvalue weighted by Crippen LogP contribution is 2.33. The van der Waals surface area contributed by atoms with Gasteiger partial charge in [-0.25, -0.2) is 10.5 Å². The molecule has 2 aliphatic rings. The van der Waals surface area contributed by atoms with Crippen molar-refractivity contribution < 1.29 is 9.63 Å². The van der Waals surface area contributed by atoms with Crippen LogP contribution in [-0.2, 0) is 11.9 Å². The van der Waals surface area contributed by atoms with Gasteiger partial charge in [-0.2, -0.15) is 0 Å². The van der Waals surface area contributed by atoms with Gasteiger partial charge in [-0.3, -0.25) is 9.63 Å². The Morgan fingerprint density at radius 3 is 2.93 bits per heavy atom. The number of hydrogen-bond acceptors (Lipinski definition) is 4. The van der Waals surface area contributed by atoms with Gasteiger partial charge in [0.15, 0.2) is 0 Å². The fraction of sp³-hybridized carbons (Fsp3) is 0.391. The lowest BCUT2D eigenvalue weighted by Crippen LogP contribution is -2.26. The molecular weight excluding hydrogens is 364 g/mol. The number of aryl methyl sites for hydroxylation is 1. The highest BCUT2D eigenvalue weighted by molar-refractivity contribution is 6.11. The number of nitrogens with zero attached hydrogens (tertiary/aromatic N) is 2. The Morgan fingerprint density at radius 1 is 1.41 bits per heavy atom. The number of rotatable bonds is 6. The number of aromatic nitrogens is 2. The summed E-state index contributed by atoms with van der Waals surface area (Å²) < 4.78 is 1.93. The summed E-state index contributed by atoms with van der Waals surface area (Å²) in [6.07, 6.45) is 10.6. The van der Waals surface area contributed by atoms with Crippen molar-refractivity contribution in [1.82, 2.24) is 15.0 Å². The maximum atomic E-state index is 13.0. The summed E-state index contributed by atoms with van der Waals surface area (Å²) in [4.78, 5) is 22.9. The smallest absolute Gasteiger partial charge is 0.279 e. The minimum atomic E-state index is -0.257. The Labute approximate surface area is 171 Å². The van der Waals surface area contributed by atoms with Gasteiger partial charge in [-0.05, 0) is 55.9 Å². The van der Waals surface area contributed by atoms with E-state index >= 15 is 0 Å². The van der Waals surface area contributed by atoms with Crippen molar-refractivity contribution in [3.63, 3.8) is 0 Å². The largest absolute Gasteiger partial charge is 0.341 e. The lowest BCUT2D eigenvalue weighted by molar-refractivity contribution is 0.0272. The van der Waals surface area contributed by atoms with E-state index in [0.717, 1.165) is 22.3 Å². The molecule has 2 N–H and O–H groups in total. The molecular formula is C23H28N4O2. The molecule has 0 radical (unpaired) electrons. The fourth-order valence-electron chi connectivity index (χ4n) is 3.75. The van der Waals surface area contributed by atoms with Gasteiger partial charge in [0.25, 0.3) is 5.91 Å². The summed E-state index contributed by atoms with van der Waals surface area (Å²) in [7, 11) is 1.92. The molecule has 6 nitrogen and oxygen atoms in total. The second-order valence-corrected chi connectivity index (χ2v) is 7.95. The Bertz CT molecular complexity index is 1040. The van der Waals surface area contributed by atoms with Crippen LogP contribution in [0.1, 0.15) is 44.0 Å². The number of hydroxylamine groups is 1. The zero-order valence-corrected chi connectivity index (χ0v) is 17.5. The van der Waals surface area contributed by atoms with Crippen LogP contribution in [0.3, 0.4) is 0 Å². The van der Waals surface area contributed by atoms with Crippen molar-refractivity contribution in [3.8, 4) is 0 Å². The standard InChI is InChI=1S/C23H28N4O2/c1-5-17-11-15(3)19(12-14(17)2)25-22-20(23(28)26-29-13-16-8-9-16)18-7-6-10-24-21(18)27(22)4/h5-7,10-12,14,16,25H,8-9,13H2,1-4H3,(H,26,28)/b17-5-. The van der Waals surface area contributed by atoms with Crippen LogP contribution < -0.4 is 10.8 Å². The fourth-order valence-corrected chi connectivity index (χ4v) is 3.75. The lowest BCUT2D eigenvalue weighted by Gasteiger charge is -2.22. The number of fused-ring (bicyclic) bond motifs is 1. The quantitative estimate of drug-likeness (QED) is 0.711. The van der Waals surface area contributed by atoms with Gasteiger partial charge in [0.2, 0.25) is 0 Å². The normalized spacial score (nSPS) is 20.6. The van der Waals surface area contributed by atoms with Crippen molar-refractivity contribution in [1.29, 1.82) is 0 Å². The third-order valence-corrected chi connectivity index (χ3v) is 5.69. The summed E-state index contributed by atoms with van der Waals surface area (Å²) in [6, 6.07) is 3.77. The number of anilines is 1. The van der Waals surface area contributed by atoms with E-state index < -0.39 is 0 Å².